The number of aliphatic hydroxyl groups is 5. The number of hydrogen-bond donors (Lipinski definition) is 6. The molecule has 0 saturated heterocycles. The molecule has 0 spiro atoms. The molecule has 236 valence electrons. The number of rotatable bonds is 21. The van der Waals surface area contributed by atoms with E-state index >= 15 is 0 Å². The second-order valence-corrected chi connectivity index (χ2v) is 11.7. The monoisotopic (exact) mass is 600 g/mol. The quantitative estimate of drug-likeness (QED) is 0.0632. The number of carbonyl (C=O) groups excluding carboxylic acids is 2. The summed E-state index contributed by atoms with van der Waals surface area (Å²) in [7, 11) is -5.07. The number of phosphoric ester groups is 1. The molecule has 1 aliphatic rings. The van der Waals surface area contributed by atoms with Crippen LogP contribution in [0.15, 0.2) is 0 Å². The zero-order valence-corrected chi connectivity index (χ0v) is 24.5. The number of phosphoric acid groups is 1. The second kappa shape index (κ2) is 19.9. The van der Waals surface area contributed by atoms with Crippen molar-refractivity contribution in [2.75, 3.05) is 13.2 Å². The lowest BCUT2D eigenvalue weighted by atomic mass is 9.85. The molecule has 1 aliphatic carbocycles. The molecule has 6 atom stereocenters. The lowest BCUT2D eigenvalue weighted by Gasteiger charge is -2.41. The Kier molecular flexibility index (Phi) is 18.3. The van der Waals surface area contributed by atoms with Crippen molar-refractivity contribution in [3.63, 3.8) is 0 Å². The first-order valence-electron chi connectivity index (χ1n) is 14.3. The van der Waals surface area contributed by atoms with Crippen LogP contribution in [0.4, 0.5) is 0 Å². The van der Waals surface area contributed by atoms with Crippen LogP contribution in [-0.4, -0.2) is 98.3 Å². The molecule has 0 bridgehead atoms. The number of esters is 2. The number of hydrogen-bond acceptors (Lipinski definition) is 12. The van der Waals surface area contributed by atoms with Crippen molar-refractivity contribution in [3.05, 3.63) is 0 Å². The van der Waals surface area contributed by atoms with E-state index in [4.69, 9.17) is 18.5 Å². The molecule has 6 N–H and O–H groups in total. The Bertz CT molecular complexity index is 751. The number of carbonyl (C=O) groups is 2. The Hall–Kier alpha value is -1.15. The summed E-state index contributed by atoms with van der Waals surface area (Å²) in [4.78, 5) is 34.6. The van der Waals surface area contributed by atoms with Crippen LogP contribution < -0.4 is 0 Å². The minimum absolute atomic E-state index is 0.0983. The van der Waals surface area contributed by atoms with E-state index in [0.717, 1.165) is 51.4 Å². The molecule has 0 radical (unpaired) electrons. The third-order valence-corrected chi connectivity index (χ3v) is 7.68. The average Bonchev–Trinajstić information content (AvgIpc) is 2.92. The van der Waals surface area contributed by atoms with Gasteiger partial charge in [0.1, 0.15) is 43.2 Å². The van der Waals surface area contributed by atoms with E-state index in [1.165, 1.54) is 6.42 Å². The van der Waals surface area contributed by atoms with Crippen LogP contribution in [0.1, 0.15) is 97.3 Å². The van der Waals surface area contributed by atoms with Crippen molar-refractivity contribution in [3.8, 4) is 0 Å². The maximum absolute atomic E-state index is 12.5. The molecule has 0 amide bonds. The molecule has 6 unspecified atom stereocenters. The van der Waals surface area contributed by atoms with E-state index in [1.54, 1.807) is 0 Å². The summed E-state index contributed by atoms with van der Waals surface area (Å²) < 4.78 is 32.7. The summed E-state index contributed by atoms with van der Waals surface area (Å²) in [6.07, 6.45) is -2.48. The maximum Gasteiger partial charge on any atom is 0.472 e. The Morgan fingerprint density at radius 1 is 0.675 bits per heavy atom. The molecule has 14 heteroatoms. The Morgan fingerprint density at radius 2 is 1.12 bits per heavy atom. The maximum atomic E-state index is 12.5. The number of unbranched alkanes of at least 4 members (excludes halogenated alkanes) is 9. The zero-order valence-electron chi connectivity index (χ0n) is 23.6. The van der Waals surface area contributed by atoms with E-state index in [-0.39, 0.29) is 12.8 Å². The van der Waals surface area contributed by atoms with Crippen LogP contribution >= 0.6 is 7.82 Å². The van der Waals surface area contributed by atoms with Gasteiger partial charge in [-0.15, -0.1) is 0 Å². The fourth-order valence-electron chi connectivity index (χ4n) is 4.22. The van der Waals surface area contributed by atoms with Crippen molar-refractivity contribution in [1.29, 1.82) is 0 Å². The minimum Gasteiger partial charge on any atom is -0.462 e. The van der Waals surface area contributed by atoms with Crippen LogP contribution in [0, 0.1) is 0 Å². The van der Waals surface area contributed by atoms with Crippen molar-refractivity contribution in [2.24, 2.45) is 0 Å². The zero-order chi connectivity index (χ0) is 30.1. The van der Waals surface area contributed by atoms with Gasteiger partial charge >= 0.3 is 19.8 Å². The number of ether oxygens (including phenoxy) is 2. The highest BCUT2D eigenvalue weighted by Gasteiger charge is 2.51. The van der Waals surface area contributed by atoms with Crippen LogP contribution in [0.25, 0.3) is 0 Å². The topological polar surface area (TPSA) is 210 Å². The standard InChI is InChI=1S/C26H49O13P/c1-3-5-7-9-10-11-13-15-20(28)38-18(16-36-19(27)14-12-8-6-4-2)17-37-40(34,35)39-26-24(32)22(30)21(29)23(31)25(26)33/h18,21-26,29-33H,3-17H2,1-2H3,(H,34,35). The average molecular weight is 601 g/mol. The van der Waals surface area contributed by atoms with Gasteiger partial charge in [0.2, 0.25) is 0 Å². The van der Waals surface area contributed by atoms with Gasteiger partial charge in [0.05, 0.1) is 6.61 Å². The largest absolute Gasteiger partial charge is 0.472 e. The van der Waals surface area contributed by atoms with Crippen LogP contribution in [0.3, 0.4) is 0 Å². The molecule has 0 heterocycles. The van der Waals surface area contributed by atoms with E-state index in [1.807, 2.05) is 6.92 Å². The summed E-state index contributed by atoms with van der Waals surface area (Å²) in [5, 5.41) is 49.4. The van der Waals surface area contributed by atoms with Gasteiger partial charge < -0.3 is 39.9 Å². The molecular formula is C26H49O13P. The predicted molar refractivity (Wildman–Crippen MR) is 143 cm³/mol. The summed E-state index contributed by atoms with van der Waals surface area (Å²) in [5.41, 5.74) is 0. The van der Waals surface area contributed by atoms with Crippen molar-refractivity contribution in [1.82, 2.24) is 0 Å². The van der Waals surface area contributed by atoms with Crippen molar-refractivity contribution in [2.45, 2.75) is 140 Å². The Morgan fingerprint density at radius 3 is 1.68 bits per heavy atom. The highest BCUT2D eigenvalue weighted by Crippen LogP contribution is 2.47. The predicted octanol–water partition coefficient (Wildman–Crippen LogP) is 1.87. The first kappa shape index (κ1) is 36.9. The fourth-order valence-corrected chi connectivity index (χ4v) is 5.20. The van der Waals surface area contributed by atoms with Gasteiger partial charge in [0.25, 0.3) is 0 Å². The smallest absolute Gasteiger partial charge is 0.462 e. The molecule has 0 aromatic carbocycles. The van der Waals surface area contributed by atoms with Gasteiger partial charge in [-0.05, 0) is 12.8 Å². The third kappa shape index (κ3) is 14.2. The van der Waals surface area contributed by atoms with Crippen LogP contribution in [0.5, 0.6) is 0 Å². The number of aliphatic hydroxyl groups excluding tert-OH is 5. The van der Waals surface area contributed by atoms with Gasteiger partial charge in [-0.1, -0.05) is 71.6 Å². The molecule has 0 aliphatic heterocycles. The summed E-state index contributed by atoms with van der Waals surface area (Å²) in [6, 6.07) is 0. The van der Waals surface area contributed by atoms with Gasteiger partial charge in [0.15, 0.2) is 6.10 Å². The van der Waals surface area contributed by atoms with Crippen LogP contribution in [0.2, 0.25) is 0 Å². The molecule has 13 nitrogen and oxygen atoms in total. The normalized spacial score (nSPS) is 27.1. The molecule has 1 rings (SSSR count). The lowest BCUT2D eigenvalue weighted by Crippen LogP contribution is -2.64. The summed E-state index contributed by atoms with van der Waals surface area (Å²) >= 11 is 0. The SMILES string of the molecule is CCCCCCCCCC(=O)OC(COC(=O)CCCCCC)COP(=O)(O)OC1C(O)C(O)C(O)C(O)C1O. The highest BCUT2D eigenvalue weighted by molar-refractivity contribution is 7.47. The van der Waals surface area contributed by atoms with Gasteiger partial charge in [0, 0.05) is 12.8 Å². The first-order valence-corrected chi connectivity index (χ1v) is 15.8. The van der Waals surface area contributed by atoms with E-state index in [0.29, 0.717) is 12.8 Å². The van der Waals surface area contributed by atoms with Crippen molar-refractivity contribution >= 4 is 19.8 Å². The van der Waals surface area contributed by atoms with E-state index in [2.05, 4.69) is 6.92 Å². The first-order chi connectivity index (χ1) is 18.9. The molecule has 0 aromatic heterocycles. The lowest BCUT2D eigenvalue weighted by molar-refractivity contribution is -0.220. The van der Waals surface area contributed by atoms with E-state index < -0.39 is 75.7 Å². The van der Waals surface area contributed by atoms with Gasteiger partial charge in [-0.3, -0.25) is 18.6 Å². The Labute approximate surface area is 236 Å². The summed E-state index contributed by atoms with van der Waals surface area (Å²) in [6.45, 7) is 3.00. The second-order valence-electron chi connectivity index (χ2n) is 10.3. The Balaban J connectivity index is 2.68. The molecular weight excluding hydrogens is 551 g/mol. The molecule has 1 saturated carbocycles. The molecule has 0 aromatic rings. The highest BCUT2D eigenvalue weighted by atomic mass is 31.2. The van der Waals surface area contributed by atoms with Crippen molar-refractivity contribution < 1.29 is 63.1 Å². The van der Waals surface area contributed by atoms with Crippen LogP contribution in [-0.2, 0) is 32.7 Å². The van der Waals surface area contributed by atoms with Gasteiger partial charge in [-0.25, -0.2) is 4.57 Å². The fraction of sp³-hybridized carbons (Fsp3) is 0.923. The van der Waals surface area contributed by atoms with Gasteiger partial charge in [-0.2, -0.15) is 0 Å². The third-order valence-electron chi connectivity index (χ3n) is 6.70. The summed E-state index contributed by atoms with van der Waals surface area (Å²) in [5.74, 6) is -1.13. The molecule has 40 heavy (non-hydrogen) atoms. The molecule has 1 fully saturated rings. The van der Waals surface area contributed by atoms with E-state index in [9.17, 15) is 44.6 Å². The minimum atomic E-state index is -5.07.